The molecular formula is C19H29N5. The van der Waals surface area contributed by atoms with Crippen molar-refractivity contribution in [1.82, 2.24) is 19.9 Å². The molecule has 0 bridgehead atoms. The average molecular weight is 327 g/mol. The van der Waals surface area contributed by atoms with Gasteiger partial charge in [0.2, 0.25) is 0 Å². The summed E-state index contributed by atoms with van der Waals surface area (Å²) in [5.74, 6) is 2.45. The third kappa shape index (κ3) is 3.66. The number of nitrogens with zero attached hydrogens (tertiary/aromatic N) is 5. The van der Waals surface area contributed by atoms with E-state index in [0.717, 1.165) is 35.0 Å². The smallest absolute Gasteiger partial charge is 0.165 e. The Morgan fingerprint density at radius 1 is 1.29 bits per heavy atom. The Hall–Kier alpha value is -1.75. The molecule has 5 heteroatoms. The average Bonchev–Trinajstić information content (AvgIpc) is 2.92. The lowest BCUT2D eigenvalue weighted by atomic mass is 10.1. The van der Waals surface area contributed by atoms with E-state index in [2.05, 4.69) is 58.6 Å². The number of fused-ring (bicyclic) bond motifs is 1. The zero-order chi connectivity index (χ0) is 17.3. The maximum absolute atomic E-state index is 4.57. The lowest BCUT2D eigenvalue weighted by Gasteiger charge is -2.24. The monoisotopic (exact) mass is 327 g/mol. The first-order valence-corrected chi connectivity index (χ1v) is 8.96. The predicted molar refractivity (Wildman–Crippen MR) is 99.5 cm³/mol. The van der Waals surface area contributed by atoms with Gasteiger partial charge in [0.05, 0.1) is 5.39 Å². The largest absolute Gasteiger partial charge is 0.359 e. The second-order valence-electron chi connectivity index (χ2n) is 7.67. The van der Waals surface area contributed by atoms with Crippen molar-refractivity contribution in [3.05, 3.63) is 23.7 Å². The minimum Gasteiger partial charge on any atom is -0.359 e. The molecule has 1 unspecified atom stereocenters. The summed E-state index contributed by atoms with van der Waals surface area (Å²) in [6, 6.07) is 2.11. The molecule has 5 nitrogen and oxygen atoms in total. The quantitative estimate of drug-likeness (QED) is 0.844. The molecule has 0 spiro atoms. The van der Waals surface area contributed by atoms with Gasteiger partial charge in [-0.05, 0) is 50.3 Å². The zero-order valence-corrected chi connectivity index (χ0v) is 15.6. The van der Waals surface area contributed by atoms with Gasteiger partial charge in [-0.2, -0.15) is 0 Å². The van der Waals surface area contributed by atoms with Crippen molar-refractivity contribution < 1.29 is 0 Å². The summed E-state index contributed by atoms with van der Waals surface area (Å²) in [7, 11) is 2.15. The number of pyridine rings is 1. The first kappa shape index (κ1) is 17.1. The second kappa shape index (κ2) is 7.01. The van der Waals surface area contributed by atoms with E-state index in [-0.39, 0.29) is 0 Å². The summed E-state index contributed by atoms with van der Waals surface area (Å²) >= 11 is 0. The lowest BCUT2D eigenvalue weighted by molar-refractivity contribution is 0.288. The van der Waals surface area contributed by atoms with Crippen molar-refractivity contribution >= 4 is 16.9 Å². The van der Waals surface area contributed by atoms with Crippen LogP contribution in [0.3, 0.4) is 0 Å². The van der Waals surface area contributed by atoms with Gasteiger partial charge in [0.25, 0.3) is 0 Å². The molecule has 0 radical (unpaired) electrons. The molecule has 2 aromatic heterocycles. The van der Waals surface area contributed by atoms with Crippen molar-refractivity contribution in [1.29, 1.82) is 0 Å². The highest BCUT2D eigenvalue weighted by atomic mass is 15.2. The van der Waals surface area contributed by atoms with Crippen molar-refractivity contribution in [2.45, 2.75) is 34.1 Å². The predicted octanol–water partition coefficient (Wildman–Crippen LogP) is 3.06. The molecule has 24 heavy (non-hydrogen) atoms. The molecule has 0 aromatic carbocycles. The molecule has 1 aliphatic heterocycles. The highest BCUT2D eigenvalue weighted by Crippen LogP contribution is 2.27. The Morgan fingerprint density at radius 2 is 2.08 bits per heavy atom. The van der Waals surface area contributed by atoms with Crippen molar-refractivity contribution in [2.75, 3.05) is 38.1 Å². The van der Waals surface area contributed by atoms with Gasteiger partial charge < -0.3 is 9.80 Å². The summed E-state index contributed by atoms with van der Waals surface area (Å²) in [4.78, 5) is 18.4. The maximum atomic E-state index is 4.57. The molecule has 0 saturated carbocycles. The van der Waals surface area contributed by atoms with Crippen LogP contribution in [0.1, 0.15) is 31.5 Å². The van der Waals surface area contributed by atoms with Crippen LogP contribution in [-0.2, 0) is 0 Å². The molecule has 1 aliphatic rings. The number of likely N-dealkylation sites (tertiary alicyclic amines) is 1. The number of anilines is 1. The first-order chi connectivity index (χ1) is 11.4. The second-order valence-corrected chi connectivity index (χ2v) is 7.67. The van der Waals surface area contributed by atoms with E-state index in [1.165, 1.54) is 31.6 Å². The van der Waals surface area contributed by atoms with E-state index in [1.807, 2.05) is 6.92 Å². The normalized spacial score (nSPS) is 18.7. The molecule has 0 N–H and O–H groups in total. The molecule has 0 aliphatic carbocycles. The molecule has 3 rings (SSSR count). The number of rotatable bonds is 5. The number of aryl methyl sites for hydroxylation is 2. The Morgan fingerprint density at radius 3 is 2.83 bits per heavy atom. The van der Waals surface area contributed by atoms with Crippen LogP contribution in [0.2, 0.25) is 0 Å². The molecule has 1 saturated heterocycles. The number of hydrogen-bond acceptors (Lipinski definition) is 5. The van der Waals surface area contributed by atoms with Crippen LogP contribution in [0.4, 0.5) is 5.82 Å². The van der Waals surface area contributed by atoms with E-state index in [1.54, 1.807) is 6.33 Å². The SMILES string of the molecule is Cc1cc(C)c2c(N(C)CC3CCN(CC(C)C)C3)ncnc2n1. The topological polar surface area (TPSA) is 45.2 Å². The summed E-state index contributed by atoms with van der Waals surface area (Å²) < 4.78 is 0. The van der Waals surface area contributed by atoms with Crippen molar-refractivity contribution in [3.8, 4) is 0 Å². The van der Waals surface area contributed by atoms with E-state index in [9.17, 15) is 0 Å². The van der Waals surface area contributed by atoms with Crippen molar-refractivity contribution in [3.63, 3.8) is 0 Å². The van der Waals surface area contributed by atoms with Gasteiger partial charge in [-0.25, -0.2) is 15.0 Å². The highest BCUT2D eigenvalue weighted by Gasteiger charge is 2.25. The molecule has 2 aromatic rings. The molecule has 1 atom stereocenters. The van der Waals surface area contributed by atoms with E-state index in [0.29, 0.717) is 5.92 Å². The summed E-state index contributed by atoms with van der Waals surface area (Å²) in [5.41, 5.74) is 3.01. The molecule has 3 heterocycles. The summed E-state index contributed by atoms with van der Waals surface area (Å²) in [6.07, 6.45) is 2.91. The lowest BCUT2D eigenvalue weighted by Crippen LogP contribution is -2.30. The third-order valence-corrected chi connectivity index (χ3v) is 4.80. The van der Waals surface area contributed by atoms with Crippen LogP contribution in [0.25, 0.3) is 11.0 Å². The fourth-order valence-corrected chi connectivity index (χ4v) is 3.90. The van der Waals surface area contributed by atoms with Crippen LogP contribution in [0.15, 0.2) is 12.4 Å². The van der Waals surface area contributed by atoms with Crippen LogP contribution in [-0.4, -0.2) is 53.1 Å². The van der Waals surface area contributed by atoms with Crippen molar-refractivity contribution in [2.24, 2.45) is 11.8 Å². The standard InChI is InChI=1S/C19H29N5/c1-13(2)9-24-7-6-16(11-24)10-23(5)19-17-14(3)8-15(4)22-18(17)20-12-21-19/h8,12-13,16H,6-7,9-11H2,1-5H3. The van der Waals surface area contributed by atoms with E-state index < -0.39 is 0 Å². The Bertz CT molecular complexity index is 712. The Kier molecular flexibility index (Phi) is 4.99. The number of hydrogen-bond donors (Lipinski definition) is 0. The summed E-state index contributed by atoms with van der Waals surface area (Å²) in [6.45, 7) is 13.4. The molecule has 0 amide bonds. The summed E-state index contributed by atoms with van der Waals surface area (Å²) in [5, 5.41) is 1.09. The van der Waals surface area contributed by atoms with Gasteiger partial charge in [0.15, 0.2) is 5.65 Å². The number of aromatic nitrogens is 3. The molecular weight excluding hydrogens is 298 g/mol. The van der Waals surface area contributed by atoms with Crippen LogP contribution >= 0.6 is 0 Å². The van der Waals surface area contributed by atoms with Gasteiger partial charge >= 0.3 is 0 Å². The van der Waals surface area contributed by atoms with Gasteiger partial charge in [0.1, 0.15) is 12.1 Å². The van der Waals surface area contributed by atoms with Crippen LogP contribution in [0, 0.1) is 25.7 Å². The fourth-order valence-electron chi connectivity index (χ4n) is 3.90. The van der Waals surface area contributed by atoms with E-state index in [4.69, 9.17) is 0 Å². The van der Waals surface area contributed by atoms with Crippen LogP contribution < -0.4 is 4.90 Å². The first-order valence-electron chi connectivity index (χ1n) is 8.96. The Balaban J connectivity index is 1.76. The Labute approximate surface area is 145 Å². The zero-order valence-electron chi connectivity index (χ0n) is 15.6. The highest BCUT2D eigenvalue weighted by molar-refractivity contribution is 5.89. The minimum atomic E-state index is 0.706. The van der Waals surface area contributed by atoms with Crippen LogP contribution in [0.5, 0.6) is 0 Å². The fraction of sp³-hybridized carbons (Fsp3) is 0.632. The maximum Gasteiger partial charge on any atom is 0.165 e. The minimum absolute atomic E-state index is 0.706. The third-order valence-electron chi connectivity index (χ3n) is 4.80. The van der Waals surface area contributed by atoms with Gasteiger partial charge in [-0.1, -0.05) is 13.8 Å². The molecule has 130 valence electrons. The van der Waals surface area contributed by atoms with E-state index >= 15 is 0 Å². The van der Waals surface area contributed by atoms with Gasteiger partial charge in [0, 0.05) is 32.4 Å². The van der Waals surface area contributed by atoms with Gasteiger partial charge in [-0.15, -0.1) is 0 Å². The van der Waals surface area contributed by atoms with Gasteiger partial charge in [-0.3, -0.25) is 0 Å². The molecule has 1 fully saturated rings.